The van der Waals surface area contributed by atoms with Crippen molar-refractivity contribution in [3.05, 3.63) is 52.9 Å². The number of amides is 2. The number of anilines is 1. The zero-order valence-corrected chi connectivity index (χ0v) is 15.7. The molecular formula is C18H22N6O3. The Balaban J connectivity index is 1.67. The summed E-state index contributed by atoms with van der Waals surface area (Å²) in [7, 11) is 1.65. The van der Waals surface area contributed by atoms with Crippen LogP contribution >= 0.6 is 0 Å². The molecule has 0 saturated carbocycles. The van der Waals surface area contributed by atoms with E-state index in [9.17, 15) is 9.59 Å². The van der Waals surface area contributed by atoms with E-state index in [0.717, 1.165) is 23.5 Å². The highest BCUT2D eigenvalue weighted by molar-refractivity contribution is 6.02. The first-order valence-electron chi connectivity index (χ1n) is 8.60. The van der Waals surface area contributed by atoms with Crippen LogP contribution in [0.4, 0.5) is 5.82 Å². The van der Waals surface area contributed by atoms with Gasteiger partial charge in [-0.1, -0.05) is 0 Å². The number of aryl methyl sites for hydroxylation is 3. The first kappa shape index (κ1) is 18.4. The molecule has 0 aliphatic rings. The van der Waals surface area contributed by atoms with Gasteiger partial charge in [-0.2, -0.15) is 10.2 Å². The molecule has 0 fully saturated rings. The van der Waals surface area contributed by atoms with Crippen LogP contribution in [-0.2, 0) is 20.1 Å². The molecule has 0 saturated heterocycles. The van der Waals surface area contributed by atoms with Crippen LogP contribution in [0.1, 0.15) is 44.9 Å². The lowest BCUT2D eigenvalue weighted by molar-refractivity contribution is 0.0944. The summed E-state index contributed by atoms with van der Waals surface area (Å²) in [6, 6.07) is 4.70. The maximum absolute atomic E-state index is 12.5. The molecule has 3 aromatic heterocycles. The Hall–Kier alpha value is -3.36. The molecule has 3 aromatic rings. The van der Waals surface area contributed by atoms with Gasteiger partial charge < -0.3 is 15.1 Å². The number of carbonyl (C=O) groups excluding carboxylic acids is 2. The summed E-state index contributed by atoms with van der Waals surface area (Å²) in [4.78, 5) is 24.5. The number of aromatic nitrogens is 4. The van der Waals surface area contributed by atoms with Crippen molar-refractivity contribution >= 4 is 17.6 Å². The van der Waals surface area contributed by atoms with Gasteiger partial charge in [-0.3, -0.25) is 19.0 Å². The maximum atomic E-state index is 12.5. The molecule has 2 N–H and O–H groups in total. The molecule has 3 rings (SSSR count). The molecule has 0 unspecified atom stereocenters. The van der Waals surface area contributed by atoms with Crippen LogP contribution in [0.3, 0.4) is 0 Å². The highest BCUT2D eigenvalue weighted by Gasteiger charge is 2.17. The van der Waals surface area contributed by atoms with Crippen molar-refractivity contribution in [1.82, 2.24) is 24.9 Å². The van der Waals surface area contributed by atoms with Crippen LogP contribution in [0.15, 0.2) is 28.9 Å². The van der Waals surface area contributed by atoms with Gasteiger partial charge in [0.05, 0.1) is 12.0 Å². The number of hydrogen-bond donors (Lipinski definition) is 2. The highest BCUT2D eigenvalue weighted by Crippen LogP contribution is 2.14. The first-order chi connectivity index (χ1) is 12.9. The molecule has 0 aliphatic carbocycles. The Labute approximate surface area is 156 Å². The van der Waals surface area contributed by atoms with Gasteiger partial charge in [0.15, 0.2) is 11.5 Å². The number of nitrogens with zero attached hydrogens (tertiary/aromatic N) is 4. The first-order valence-corrected chi connectivity index (χ1v) is 8.60. The van der Waals surface area contributed by atoms with Crippen LogP contribution in [0.25, 0.3) is 0 Å². The highest BCUT2D eigenvalue weighted by atomic mass is 16.3. The topological polar surface area (TPSA) is 107 Å². The molecule has 0 bridgehead atoms. The lowest BCUT2D eigenvalue weighted by atomic mass is 10.2. The molecule has 3 heterocycles. The number of nitrogens with one attached hydrogen (secondary N) is 2. The van der Waals surface area contributed by atoms with Crippen molar-refractivity contribution in [2.24, 2.45) is 7.05 Å². The van der Waals surface area contributed by atoms with Crippen molar-refractivity contribution in [3.8, 4) is 0 Å². The third-order valence-electron chi connectivity index (χ3n) is 4.36. The summed E-state index contributed by atoms with van der Waals surface area (Å²) < 4.78 is 8.39. The SMILES string of the molecule is CCn1nc(C)c(CNC(=O)c2cc(NC(=O)c3ccco3)n(C)n2)c1C. The standard InChI is InChI=1S/C18H22N6O3/c1-5-24-12(3)13(11(2)21-24)10-19-17(25)14-9-16(23(4)22-14)20-18(26)15-7-6-8-27-15/h6-9H,5,10H2,1-4H3,(H,19,25)(H,20,26). The Morgan fingerprint density at radius 1 is 1.22 bits per heavy atom. The predicted octanol–water partition coefficient (Wildman–Crippen LogP) is 2.03. The number of hydrogen-bond acceptors (Lipinski definition) is 5. The van der Waals surface area contributed by atoms with Gasteiger partial charge in [-0.25, -0.2) is 0 Å². The molecule has 0 spiro atoms. The molecule has 0 radical (unpaired) electrons. The van der Waals surface area contributed by atoms with Gasteiger partial charge in [0, 0.05) is 37.5 Å². The van der Waals surface area contributed by atoms with Crippen molar-refractivity contribution < 1.29 is 14.0 Å². The van der Waals surface area contributed by atoms with Crippen LogP contribution in [0.2, 0.25) is 0 Å². The zero-order valence-electron chi connectivity index (χ0n) is 15.7. The van der Waals surface area contributed by atoms with E-state index in [-0.39, 0.29) is 17.4 Å². The third kappa shape index (κ3) is 3.76. The summed E-state index contributed by atoms with van der Waals surface area (Å²) in [5, 5.41) is 14.1. The van der Waals surface area contributed by atoms with E-state index >= 15 is 0 Å². The van der Waals surface area contributed by atoms with Gasteiger partial charge >= 0.3 is 0 Å². The molecule has 0 aromatic carbocycles. The van der Waals surface area contributed by atoms with Crippen LogP contribution < -0.4 is 10.6 Å². The minimum absolute atomic E-state index is 0.182. The minimum Gasteiger partial charge on any atom is -0.459 e. The van der Waals surface area contributed by atoms with Gasteiger partial charge in [0.1, 0.15) is 5.82 Å². The van der Waals surface area contributed by atoms with Crippen molar-refractivity contribution in [2.75, 3.05) is 5.32 Å². The second-order valence-electron chi connectivity index (χ2n) is 6.12. The van der Waals surface area contributed by atoms with E-state index in [1.807, 2.05) is 25.5 Å². The largest absolute Gasteiger partial charge is 0.459 e. The normalized spacial score (nSPS) is 10.8. The zero-order chi connectivity index (χ0) is 19.6. The predicted molar refractivity (Wildman–Crippen MR) is 98.4 cm³/mol. The van der Waals surface area contributed by atoms with E-state index < -0.39 is 5.91 Å². The monoisotopic (exact) mass is 370 g/mol. The molecule has 142 valence electrons. The summed E-state index contributed by atoms with van der Waals surface area (Å²) in [5.41, 5.74) is 3.13. The fraction of sp³-hybridized carbons (Fsp3) is 0.333. The van der Waals surface area contributed by atoms with Gasteiger partial charge in [0.25, 0.3) is 11.8 Å². The third-order valence-corrected chi connectivity index (χ3v) is 4.36. The van der Waals surface area contributed by atoms with Crippen LogP contribution in [0, 0.1) is 13.8 Å². The summed E-state index contributed by atoms with van der Waals surface area (Å²) in [6.07, 6.45) is 1.42. The van der Waals surface area contributed by atoms with Crippen molar-refractivity contribution in [2.45, 2.75) is 33.9 Å². The molecule has 0 atom stereocenters. The molecule has 9 heteroatoms. The van der Waals surface area contributed by atoms with Crippen molar-refractivity contribution in [3.63, 3.8) is 0 Å². The fourth-order valence-electron chi connectivity index (χ4n) is 2.84. The second-order valence-corrected chi connectivity index (χ2v) is 6.12. The lowest BCUT2D eigenvalue weighted by Crippen LogP contribution is -2.24. The molecule has 0 aliphatic heterocycles. The van der Waals surface area contributed by atoms with Gasteiger partial charge in [-0.05, 0) is 32.9 Å². The average molecular weight is 370 g/mol. The fourth-order valence-corrected chi connectivity index (χ4v) is 2.84. The minimum atomic E-state index is -0.409. The summed E-state index contributed by atoms with van der Waals surface area (Å²) in [6.45, 7) is 7.06. The number of carbonyl (C=O) groups is 2. The van der Waals surface area contributed by atoms with Crippen LogP contribution in [0.5, 0.6) is 0 Å². The van der Waals surface area contributed by atoms with Crippen LogP contribution in [-0.4, -0.2) is 31.4 Å². The molecule has 2 amide bonds. The number of furan rings is 1. The average Bonchev–Trinajstić information content (AvgIpc) is 3.35. The second kappa shape index (κ2) is 7.48. The van der Waals surface area contributed by atoms with E-state index in [0.29, 0.717) is 12.4 Å². The summed E-state index contributed by atoms with van der Waals surface area (Å²) in [5.74, 6) is -0.158. The van der Waals surface area contributed by atoms with E-state index in [4.69, 9.17) is 4.42 Å². The van der Waals surface area contributed by atoms with Gasteiger partial charge in [-0.15, -0.1) is 0 Å². The Morgan fingerprint density at radius 2 is 2.00 bits per heavy atom. The van der Waals surface area contributed by atoms with Crippen molar-refractivity contribution in [1.29, 1.82) is 0 Å². The lowest BCUT2D eigenvalue weighted by Gasteiger charge is -2.04. The van der Waals surface area contributed by atoms with Gasteiger partial charge in [0.2, 0.25) is 0 Å². The Bertz CT molecular complexity index is 968. The smallest absolute Gasteiger partial charge is 0.292 e. The quantitative estimate of drug-likeness (QED) is 0.690. The summed E-state index contributed by atoms with van der Waals surface area (Å²) >= 11 is 0. The molecule has 27 heavy (non-hydrogen) atoms. The molecule has 9 nitrogen and oxygen atoms in total. The maximum Gasteiger partial charge on any atom is 0.292 e. The van der Waals surface area contributed by atoms with E-state index in [1.165, 1.54) is 17.0 Å². The molecular weight excluding hydrogens is 348 g/mol. The van der Waals surface area contributed by atoms with E-state index in [1.54, 1.807) is 19.2 Å². The van der Waals surface area contributed by atoms with E-state index in [2.05, 4.69) is 20.8 Å². The Kier molecular flexibility index (Phi) is 5.11. The number of rotatable bonds is 6. The Morgan fingerprint density at radius 3 is 2.63 bits per heavy atom.